The third-order valence-electron chi connectivity index (χ3n) is 1.92. The van der Waals surface area contributed by atoms with Gasteiger partial charge in [-0.25, -0.2) is 0 Å². The van der Waals surface area contributed by atoms with Crippen LogP contribution >= 0.6 is 27.5 Å². The van der Waals surface area contributed by atoms with Gasteiger partial charge in [0.2, 0.25) is 0 Å². The molecule has 0 aliphatic heterocycles. The average Bonchev–Trinajstić information content (AvgIpc) is 2.22. The highest BCUT2D eigenvalue weighted by Crippen LogP contribution is 2.28. The van der Waals surface area contributed by atoms with Gasteiger partial charge >= 0.3 is 0 Å². The van der Waals surface area contributed by atoms with Crippen molar-refractivity contribution < 1.29 is 0 Å². The maximum absolute atomic E-state index is 5.82. The minimum atomic E-state index is 0.684. The second-order valence-corrected chi connectivity index (χ2v) is 4.21. The summed E-state index contributed by atoms with van der Waals surface area (Å²) in [5.41, 5.74) is 0.784. The standard InChI is InChI=1S/C10H13BrClN3/c1-3-15(4-2)14-13-10-6-5-8(12)7-9(10)11/h5-7H,3-4H2,1-2H3. The average molecular weight is 291 g/mol. The lowest BCUT2D eigenvalue weighted by atomic mass is 10.3. The van der Waals surface area contributed by atoms with E-state index < -0.39 is 0 Å². The summed E-state index contributed by atoms with van der Waals surface area (Å²) in [5, 5.41) is 10.8. The van der Waals surface area contributed by atoms with Crippen molar-refractivity contribution in [2.24, 2.45) is 10.3 Å². The first kappa shape index (κ1) is 12.5. The van der Waals surface area contributed by atoms with Crippen LogP contribution in [0.2, 0.25) is 5.02 Å². The molecule has 5 heteroatoms. The smallest absolute Gasteiger partial charge is 0.102 e. The Morgan fingerprint density at radius 2 is 2.00 bits per heavy atom. The van der Waals surface area contributed by atoms with Crippen LogP contribution in [-0.4, -0.2) is 18.1 Å². The molecule has 0 bridgehead atoms. The van der Waals surface area contributed by atoms with Crippen molar-refractivity contribution in [3.05, 3.63) is 27.7 Å². The van der Waals surface area contributed by atoms with E-state index in [0.29, 0.717) is 5.02 Å². The first-order valence-electron chi connectivity index (χ1n) is 4.79. The highest BCUT2D eigenvalue weighted by Gasteiger charge is 1.99. The molecule has 0 spiro atoms. The van der Waals surface area contributed by atoms with Gasteiger partial charge in [0.25, 0.3) is 0 Å². The van der Waals surface area contributed by atoms with Crippen LogP contribution in [0.3, 0.4) is 0 Å². The zero-order valence-electron chi connectivity index (χ0n) is 8.74. The second kappa shape index (κ2) is 6.08. The lowest BCUT2D eigenvalue weighted by molar-refractivity contribution is 0.300. The van der Waals surface area contributed by atoms with Crippen molar-refractivity contribution in [3.63, 3.8) is 0 Å². The number of rotatable bonds is 4. The Morgan fingerprint density at radius 3 is 2.53 bits per heavy atom. The van der Waals surface area contributed by atoms with Crippen LogP contribution in [0.1, 0.15) is 13.8 Å². The molecule has 0 amide bonds. The van der Waals surface area contributed by atoms with Gasteiger partial charge in [-0.1, -0.05) is 16.8 Å². The Bertz CT molecular complexity index is 351. The van der Waals surface area contributed by atoms with E-state index in [4.69, 9.17) is 11.6 Å². The molecule has 82 valence electrons. The van der Waals surface area contributed by atoms with Gasteiger partial charge in [0.1, 0.15) is 5.69 Å². The number of halogens is 2. The summed E-state index contributed by atoms with van der Waals surface area (Å²) >= 11 is 9.21. The zero-order valence-corrected chi connectivity index (χ0v) is 11.1. The predicted molar refractivity (Wildman–Crippen MR) is 66.6 cm³/mol. The lowest BCUT2D eigenvalue weighted by Crippen LogP contribution is -2.14. The molecule has 0 aromatic heterocycles. The molecule has 3 nitrogen and oxygen atoms in total. The van der Waals surface area contributed by atoms with E-state index in [2.05, 4.69) is 26.3 Å². The Labute approximate surface area is 103 Å². The molecule has 0 unspecified atom stereocenters. The van der Waals surface area contributed by atoms with Gasteiger partial charge < -0.3 is 0 Å². The fourth-order valence-electron chi connectivity index (χ4n) is 1.02. The third-order valence-corrected chi connectivity index (χ3v) is 2.79. The molecule has 0 saturated heterocycles. The summed E-state index contributed by atoms with van der Waals surface area (Å²) in [5.74, 6) is 0. The molecule has 15 heavy (non-hydrogen) atoms. The van der Waals surface area contributed by atoms with Crippen LogP contribution < -0.4 is 0 Å². The van der Waals surface area contributed by atoms with Crippen molar-refractivity contribution in [2.75, 3.05) is 13.1 Å². The Balaban J connectivity index is 2.80. The topological polar surface area (TPSA) is 28.0 Å². The number of benzene rings is 1. The number of hydrogen-bond donors (Lipinski definition) is 0. The summed E-state index contributed by atoms with van der Waals surface area (Å²) in [7, 11) is 0. The number of nitrogens with zero attached hydrogens (tertiary/aromatic N) is 3. The normalized spacial score (nSPS) is 10.9. The largest absolute Gasteiger partial charge is 0.279 e. The van der Waals surface area contributed by atoms with Gasteiger partial charge in [0.05, 0.1) is 0 Å². The Morgan fingerprint density at radius 1 is 1.33 bits per heavy atom. The summed E-state index contributed by atoms with van der Waals surface area (Å²) in [6.07, 6.45) is 0. The molecule has 0 saturated carbocycles. The minimum absolute atomic E-state index is 0.684. The molecule has 1 aromatic rings. The molecule has 0 atom stereocenters. The van der Waals surface area contributed by atoms with Crippen LogP contribution in [-0.2, 0) is 0 Å². The molecular weight excluding hydrogens is 277 g/mol. The van der Waals surface area contributed by atoms with Crippen LogP contribution in [0.4, 0.5) is 5.69 Å². The van der Waals surface area contributed by atoms with Gasteiger partial charge in [-0.2, -0.15) is 0 Å². The quantitative estimate of drug-likeness (QED) is 0.595. The molecule has 0 fully saturated rings. The van der Waals surface area contributed by atoms with Gasteiger partial charge in [-0.05, 0) is 48.0 Å². The van der Waals surface area contributed by atoms with E-state index in [1.54, 1.807) is 12.1 Å². The second-order valence-electron chi connectivity index (χ2n) is 2.92. The van der Waals surface area contributed by atoms with Gasteiger partial charge in [0, 0.05) is 22.6 Å². The molecular formula is C10H13BrClN3. The van der Waals surface area contributed by atoms with E-state index >= 15 is 0 Å². The summed E-state index contributed by atoms with van der Waals surface area (Å²) in [4.78, 5) is 0. The van der Waals surface area contributed by atoms with E-state index in [1.165, 1.54) is 0 Å². The van der Waals surface area contributed by atoms with Crippen molar-refractivity contribution in [2.45, 2.75) is 13.8 Å². The maximum atomic E-state index is 5.82. The number of hydrogen-bond acceptors (Lipinski definition) is 2. The summed E-state index contributed by atoms with van der Waals surface area (Å²) < 4.78 is 0.853. The summed E-state index contributed by atoms with van der Waals surface area (Å²) in [6, 6.07) is 5.43. The molecule has 0 heterocycles. The SMILES string of the molecule is CCN(CC)N=Nc1ccc(Cl)cc1Br. The van der Waals surface area contributed by atoms with Crippen LogP contribution in [0.5, 0.6) is 0 Å². The molecule has 0 N–H and O–H groups in total. The molecule has 0 radical (unpaired) electrons. The fourth-order valence-corrected chi connectivity index (χ4v) is 1.79. The highest BCUT2D eigenvalue weighted by atomic mass is 79.9. The predicted octanol–water partition coefficient (Wildman–Crippen LogP) is 4.44. The van der Waals surface area contributed by atoms with Crippen molar-refractivity contribution in [1.82, 2.24) is 5.01 Å². The molecule has 0 aliphatic rings. The summed E-state index contributed by atoms with van der Waals surface area (Å²) in [6.45, 7) is 5.79. The van der Waals surface area contributed by atoms with Crippen LogP contribution in [0.25, 0.3) is 0 Å². The van der Waals surface area contributed by atoms with Crippen molar-refractivity contribution in [1.29, 1.82) is 0 Å². The Kier molecular flexibility index (Phi) is 5.05. The van der Waals surface area contributed by atoms with Gasteiger partial charge in [0.15, 0.2) is 0 Å². The van der Waals surface area contributed by atoms with E-state index in [-0.39, 0.29) is 0 Å². The van der Waals surface area contributed by atoms with E-state index in [0.717, 1.165) is 23.2 Å². The van der Waals surface area contributed by atoms with Crippen LogP contribution in [0, 0.1) is 0 Å². The monoisotopic (exact) mass is 289 g/mol. The van der Waals surface area contributed by atoms with E-state index in [9.17, 15) is 0 Å². The van der Waals surface area contributed by atoms with Crippen LogP contribution in [0.15, 0.2) is 33.0 Å². The van der Waals surface area contributed by atoms with Gasteiger partial charge in [-0.15, -0.1) is 5.11 Å². The molecule has 1 aromatic carbocycles. The maximum Gasteiger partial charge on any atom is 0.102 e. The van der Waals surface area contributed by atoms with Crippen molar-refractivity contribution in [3.8, 4) is 0 Å². The first-order valence-corrected chi connectivity index (χ1v) is 5.96. The highest BCUT2D eigenvalue weighted by molar-refractivity contribution is 9.10. The first-order chi connectivity index (χ1) is 7.17. The van der Waals surface area contributed by atoms with Crippen molar-refractivity contribution >= 4 is 33.2 Å². The molecule has 0 aliphatic carbocycles. The zero-order chi connectivity index (χ0) is 11.3. The fraction of sp³-hybridized carbons (Fsp3) is 0.400. The minimum Gasteiger partial charge on any atom is -0.279 e. The Hall–Kier alpha value is -0.610. The van der Waals surface area contributed by atoms with Gasteiger partial charge in [-0.3, -0.25) is 5.01 Å². The lowest BCUT2D eigenvalue weighted by Gasteiger charge is -2.11. The van der Waals surface area contributed by atoms with E-state index in [1.807, 2.05) is 24.9 Å². The third kappa shape index (κ3) is 3.80. The molecule has 1 rings (SSSR count).